The number of aryl methyl sites for hydroxylation is 1. The summed E-state index contributed by atoms with van der Waals surface area (Å²) in [5, 5.41) is 14.6. The van der Waals surface area contributed by atoms with Crippen molar-refractivity contribution in [2.75, 3.05) is 0 Å². The molecule has 1 saturated carbocycles. The molecule has 1 N–H and O–H groups in total. The van der Waals surface area contributed by atoms with Gasteiger partial charge in [-0.25, -0.2) is 0 Å². The number of aliphatic hydroxyl groups is 1. The van der Waals surface area contributed by atoms with Gasteiger partial charge >= 0.3 is 0 Å². The van der Waals surface area contributed by atoms with Gasteiger partial charge < -0.3 is 5.11 Å². The third kappa shape index (κ3) is 4.89. The molecule has 0 saturated heterocycles. The fourth-order valence-electron chi connectivity index (χ4n) is 2.94. The molecule has 122 valence electrons. The molecule has 0 spiro atoms. The third-order valence-electron chi connectivity index (χ3n) is 4.30. The molecule has 0 aliphatic heterocycles. The van der Waals surface area contributed by atoms with E-state index in [9.17, 15) is 5.11 Å². The molecular weight excluding hydrogens is 284 g/mol. The van der Waals surface area contributed by atoms with Crippen LogP contribution in [0.15, 0.2) is 36.8 Å². The van der Waals surface area contributed by atoms with Crippen LogP contribution in [0.5, 0.6) is 0 Å². The molecular formula is C20H26N2O. The third-order valence-corrected chi connectivity index (χ3v) is 4.30. The molecule has 0 atom stereocenters. The topological polar surface area (TPSA) is 38.1 Å². The molecule has 1 aromatic heterocycles. The number of aromatic nitrogens is 2. The number of rotatable bonds is 4. The zero-order chi connectivity index (χ0) is 16.7. The van der Waals surface area contributed by atoms with E-state index >= 15 is 0 Å². The lowest BCUT2D eigenvalue weighted by Gasteiger charge is -2.18. The van der Waals surface area contributed by atoms with Crippen LogP contribution in [-0.2, 0) is 7.05 Å². The highest BCUT2D eigenvalue weighted by atomic mass is 16.3. The normalized spacial score (nSPS) is 16.8. The molecule has 0 aromatic carbocycles. The number of allylic oxidation sites excluding steroid dienone is 4. The Kier molecular flexibility index (Phi) is 6.29. The van der Waals surface area contributed by atoms with Crippen LogP contribution in [0.3, 0.4) is 0 Å². The van der Waals surface area contributed by atoms with Crippen molar-refractivity contribution in [2.24, 2.45) is 13.0 Å². The van der Waals surface area contributed by atoms with Gasteiger partial charge in [0.05, 0.1) is 5.56 Å². The van der Waals surface area contributed by atoms with Crippen LogP contribution in [0.1, 0.15) is 56.7 Å². The van der Waals surface area contributed by atoms with Crippen LogP contribution in [0.2, 0.25) is 0 Å². The zero-order valence-corrected chi connectivity index (χ0v) is 14.2. The van der Waals surface area contributed by atoms with E-state index in [0.29, 0.717) is 0 Å². The lowest BCUT2D eigenvalue weighted by atomic mass is 9.87. The smallest absolute Gasteiger partial charge is 0.120 e. The Labute approximate surface area is 139 Å². The van der Waals surface area contributed by atoms with Gasteiger partial charge in [-0.1, -0.05) is 49.8 Å². The molecule has 1 fully saturated rings. The van der Waals surface area contributed by atoms with Crippen molar-refractivity contribution in [3.63, 3.8) is 0 Å². The van der Waals surface area contributed by atoms with E-state index in [1.807, 2.05) is 20.2 Å². The van der Waals surface area contributed by atoms with Crippen molar-refractivity contribution in [1.29, 1.82) is 0 Å². The maximum Gasteiger partial charge on any atom is 0.120 e. The van der Waals surface area contributed by atoms with E-state index in [1.165, 1.54) is 32.1 Å². The minimum absolute atomic E-state index is 0.193. The Morgan fingerprint density at radius 3 is 2.87 bits per heavy atom. The zero-order valence-electron chi connectivity index (χ0n) is 14.2. The first-order chi connectivity index (χ1) is 11.1. The van der Waals surface area contributed by atoms with Gasteiger partial charge in [-0.3, -0.25) is 4.68 Å². The van der Waals surface area contributed by atoms with Crippen LogP contribution in [0.25, 0.3) is 5.57 Å². The second-order valence-corrected chi connectivity index (χ2v) is 6.18. The lowest BCUT2D eigenvalue weighted by molar-refractivity contribution is 0.365. The van der Waals surface area contributed by atoms with E-state index in [-0.39, 0.29) is 5.76 Å². The van der Waals surface area contributed by atoms with Crippen LogP contribution in [-0.4, -0.2) is 14.9 Å². The first-order valence-corrected chi connectivity index (χ1v) is 8.33. The molecule has 2 rings (SSSR count). The van der Waals surface area contributed by atoms with Crippen molar-refractivity contribution in [1.82, 2.24) is 9.78 Å². The van der Waals surface area contributed by atoms with Gasteiger partial charge in [0.1, 0.15) is 11.5 Å². The summed E-state index contributed by atoms with van der Waals surface area (Å²) in [4.78, 5) is 0. The Balaban J connectivity index is 2.17. The van der Waals surface area contributed by atoms with Crippen LogP contribution in [0, 0.1) is 17.8 Å². The van der Waals surface area contributed by atoms with E-state index in [2.05, 4.69) is 23.5 Å². The number of hydrogen-bond donors (Lipinski definition) is 1. The summed E-state index contributed by atoms with van der Waals surface area (Å²) in [6, 6.07) is 0. The fourth-order valence-corrected chi connectivity index (χ4v) is 2.94. The van der Waals surface area contributed by atoms with E-state index in [0.717, 1.165) is 29.2 Å². The summed E-state index contributed by atoms with van der Waals surface area (Å²) in [6.07, 6.45) is 14.5. The average molecular weight is 310 g/mol. The van der Waals surface area contributed by atoms with Crippen LogP contribution in [0.4, 0.5) is 0 Å². The van der Waals surface area contributed by atoms with Crippen molar-refractivity contribution in [3.05, 3.63) is 48.0 Å². The largest absolute Gasteiger partial charge is 0.508 e. The van der Waals surface area contributed by atoms with Gasteiger partial charge in [-0.05, 0) is 31.8 Å². The van der Waals surface area contributed by atoms with Crippen LogP contribution < -0.4 is 0 Å². The summed E-state index contributed by atoms with van der Waals surface area (Å²) in [5.74, 6) is 7.51. The first-order valence-electron chi connectivity index (χ1n) is 8.33. The average Bonchev–Trinajstić information content (AvgIpc) is 2.93. The Hall–Kier alpha value is -2.21. The van der Waals surface area contributed by atoms with Gasteiger partial charge in [0.25, 0.3) is 0 Å². The van der Waals surface area contributed by atoms with Gasteiger partial charge in [0, 0.05) is 25.2 Å². The molecule has 0 unspecified atom stereocenters. The fraction of sp³-hybridized carbons (Fsp3) is 0.450. The standard InChI is InChI=1S/C20H26N2O/c1-4-5-14-19(23)16(2)20-18(15-22(3)21-20)13-9-12-17-10-7-6-8-11-17/h4-5,14-15,17,23H,1,6-8,10-12H2,2-3H3/b14-5-,19-16-. The number of hydrogen-bond acceptors (Lipinski definition) is 2. The lowest BCUT2D eigenvalue weighted by Crippen LogP contribution is -2.04. The molecule has 0 bridgehead atoms. The summed E-state index contributed by atoms with van der Waals surface area (Å²) in [5.41, 5.74) is 2.35. The van der Waals surface area contributed by atoms with Crippen molar-refractivity contribution in [2.45, 2.75) is 45.4 Å². The Bertz CT molecular complexity index is 662. The highest BCUT2D eigenvalue weighted by molar-refractivity contribution is 5.69. The molecule has 23 heavy (non-hydrogen) atoms. The summed E-state index contributed by atoms with van der Waals surface area (Å²) in [7, 11) is 1.87. The molecule has 1 heterocycles. The highest BCUT2D eigenvalue weighted by Crippen LogP contribution is 2.26. The Morgan fingerprint density at radius 2 is 2.17 bits per heavy atom. The molecule has 0 amide bonds. The predicted octanol–water partition coefficient (Wildman–Crippen LogP) is 4.77. The van der Waals surface area contributed by atoms with E-state index < -0.39 is 0 Å². The SMILES string of the molecule is C=C/C=C\C(O)=C(/C)c1nn(C)cc1C#CCC1CCCCC1. The van der Waals surface area contributed by atoms with Crippen molar-refractivity contribution >= 4 is 5.57 Å². The minimum atomic E-state index is 0.193. The van der Waals surface area contributed by atoms with Crippen molar-refractivity contribution < 1.29 is 5.11 Å². The van der Waals surface area contributed by atoms with E-state index in [4.69, 9.17) is 0 Å². The quantitative estimate of drug-likeness (QED) is 0.494. The summed E-state index contributed by atoms with van der Waals surface area (Å²) in [6.45, 7) is 5.47. The second-order valence-electron chi connectivity index (χ2n) is 6.18. The molecule has 1 aromatic rings. The number of nitrogens with zero attached hydrogens (tertiary/aromatic N) is 2. The molecule has 1 aliphatic rings. The summed E-state index contributed by atoms with van der Waals surface area (Å²) < 4.78 is 1.74. The summed E-state index contributed by atoms with van der Waals surface area (Å²) >= 11 is 0. The minimum Gasteiger partial charge on any atom is -0.508 e. The van der Waals surface area contributed by atoms with Gasteiger partial charge in [0.15, 0.2) is 0 Å². The monoisotopic (exact) mass is 310 g/mol. The molecule has 3 nitrogen and oxygen atoms in total. The molecule has 0 radical (unpaired) electrons. The second kappa shape index (κ2) is 8.43. The number of aliphatic hydroxyl groups excluding tert-OH is 1. The molecule has 1 aliphatic carbocycles. The van der Waals surface area contributed by atoms with Crippen molar-refractivity contribution in [3.8, 4) is 11.8 Å². The van der Waals surface area contributed by atoms with Crippen LogP contribution >= 0.6 is 0 Å². The van der Waals surface area contributed by atoms with Gasteiger partial charge in [-0.2, -0.15) is 5.10 Å². The van der Waals surface area contributed by atoms with Gasteiger partial charge in [0.2, 0.25) is 0 Å². The Morgan fingerprint density at radius 1 is 1.43 bits per heavy atom. The van der Waals surface area contributed by atoms with Gasteiger partial charge in [-0.15, -0.1) is 0 Å². The highest BCUT2D eigenvalue weighted by Gasteiger charge is 2.13. The maximum absolute atomic E-state index is 10.1. The maximum atomic E-state index is 10.1. The predicted molar refractivity (Wildman–Crippen MR) is 95.8 cm³/mol. The molecule has 3 heteroatoms. The van der Waals surface area contributed by atoms with E-state index in [1.54, 1.807) is 22.9 Å². The first kappa shape index (κ1) is 17.1.